The Bertz CT molecular complexity index is 616. The third-order valence-corrected chi connectivity index (χ3v) is 3.51. The van der Waals surface area contributed by atoms with Crippen LogP contribution >= 0.6 is 11.3 Å². The van der Waals surface area contributed by atoms with Crippen LogP contribution in [0.1, 0.15) is 30.1 Å². The van der Waals surface area contributed by atoms with E-state index in [2.05, 4.69) is 31.7 Å². The molecule has 0 aliphatic carbocycles. The molecule has 3 aromatic heterocycles. The van der Waals surface area contributed by atoms with Gasteiger partial charge in [0.05, 0.1) is 12.5 Å². The van der Waals surface area contributed by atoms with Gasteiger partial charge in [-0.15, -0.1) is 0 Å². The minimum absolute atomic E-state index is 0.116. The number of thiophene rings is 1. The van der Waals surface area contributed by atoms with E-state index < -0.39 is 0 Å². The molecule has 1 atom stereocenters. The SMILES string of the molecule is C[C@@H](Cn1cncn1)c1nc(Cc2ccsc2)no1. The Hall–Kier alpha value is -2.02. The van der Waals surface area contributed by atoms with Gasteiger partial charge in [-0.3, -0.25) is 4.68 Å². The summed E-state index contributed by atoms with van der Waals surface area (Å²) in [6.07, 6.45) is 3.91. The van der Waals surface area contributed by atoms with E-state index in [0.29, 0.717) is 18.9 Å². The summed E-state index contributed by atoms with van der Waals surface area (Å²) in [6.45, 7) is 2.71. The van der Waals surface area contributed by atoms with Crippen LogP contribution < -0.4 is 0 Å². The minimum atomic E-state index is 0.116. The fourth-order valence-corrected chi connectivity index (χ4v) is 2.47. The van der Waals surface area contributed by atoms with Crippen molar-refractivity contribution in [1.82, 2.24) is 24.9 Å². The summed E-state index contributed by atoms with van der Waals surface area (Å²) in [5.41, 5.74) is 1.21. The summed E-state index contributed by atoms with van der Waals surface area (Å²) in [4.78, 5) is 8.34. The van der Waals surface area contributed by atoms with Gasteiger partial charge in [-0.05, 0) is 22.4 Å². The lowest BCUT2D eigenvalue weighted by Crippen LogP contribution is -2.07. The lowest BCUT2D eigenvalue weighted by Gasteiger charge is -2.04. The normalized spacial score (nSPS) is 12.7. The van der Waals surface area contributed by atoms with Gasteiger partial charge in [-0.2, -0.15) is 21.4 Å². The highest BCUT2D eigenvalue weighted by atomic mass is 32.1. The molecule has 3 heterocycles. The van der Waals surface area contributed by atoms with Crippen molar-refractivity contribution in [3.05, 3.63) is 46.8 Å². The highest BCUT2D eigenvalue weighted by Crippen LogP contribution is 2.16. The predicted molar refractivity (Wildman–Crippen MR) is 69.9 cm³/mol. The first-order valence-corrected chi connectivity index (χ1v) is 6.91. The van der Waals surface area contributed by atoms with Crippen molar-refractivity contribution in [2.45, 2.75) is 25.8 Å². The fourth-order valence-electron chi connectivity index (χ4n) is 1.80. The first kappa shape index (κ1) is 12.0. The summed E-state index contributed by atoms with van der Waals surface area (Å²) in [7, 11) is 0. The van der Waals surface area contributed by atoms with Crippen molar-refractivity contribution in [1.29, 1.82) is 0 Å². The Morgan fingerprint density at radius 1 is 1.47 bits per heavy atom. The van der Waals surface area contributed by atoms with Gasteiger partial charge in [0.1, 0.15) is 12.7 Å². The van der Waals surface area contributed by atoms with Crippen LogP contribution in [0, 0.1) is 0 Å². The molecule has 0 aliphatic heterocycles. The van der Waals surface area contributed by atoms with Crippen LogP contribution in [-0.2, 0) is 13.0 Å². The van der Waals surface area contributed by atoms with Crippen LogP contribution in [0.2, 0.25) is 0 Å². The van der Waals surface area contributed by atoms with Gasteiger partial charge >= 0.3 is 0 Å². The zero-order valence-corrected chi connectivity index (χ0v) is 11.2. The van der Waals surface area contributed by atoms with Gasteiger partial charge in [-0.1, -0.05) is 12.1 Å². The average molecular weight is 275 g/mol. The van der Waals surface area contributed by atoms with E-state index in [-0.39, 0.29) is 5.92 Å². The molecule has 0 bridgehead atoms. The second-order valence-electron chi connectivity index (χ2n) is 4.38. The molecule has 0 radical (unpaired) electrons. The number of aromatic nitrogens is 5. The maximum atomic E-state index is 5.30. The third kappa shape index (κ3) is 2.87. The van der Waals surface area contributed by atoms with Crippen molar-refractivity contribution in [3.8, 4) is 0 Å². The minimum Gasteiger partial charge on any atom is -0.339 e. The van der Waals surface area contributed by atoms with Crippen LogP contribution in [0.3, 0.4) is 0 Å². The van der Waals surface area contributed by atoms with Gasteiger partial charge in [0.25, 0.3) is 0 Å². The topological polar surface area (TPSA) is 69.6 Å². The highest BCUT2D eigenvalue weighted by molar-refractivity contribution is 7.07. The number of hydrogen-bond acceptors (Lipinski definition) is 6. The molecule has 0 N–H and O–H groups in total. The Morgan fingerprint density at radius 3 is 3.16 bits per heavy atom. The molecule has 0 fully saturated rings. The predicted octanol–water partition coefficient (Wildman–Crippen LogP) is 2.12. The van der Waals surface area contributed by atoms with Crippen LogP contribution in [0.5, 0.6) is 0 Å². The molecule has 7 heteroatoms. The molecule has 0 spiro atoms. The Labute approximate surface area is 114 Å². The monoisotopic (exact) mass is 275 g/mol. The highest BCUT2D eigenvalue weighted by Gasteiger charge is 2.15. The molecule has 0 amide bonds. The standard InChI is InChI=1S/C12H13N5OS/c1-9(5-17-8-13-7-14-17)12-15-11(16-18-12)4-10-2-3-19-6-10/h2-3,6-9H,4-5H2,1H3/t9-/m0/s1. The maximum absolute atomic E-state index is 5.30. The van der Waals surface area contributed by atoms with Crippen molar-refractivity contribution in [3.63, 3.8) is 0 Å². The summed E-state index contributed by atoms with van der Waals surface area (Å²) in [5, 5.41) is 12.2. The molecule has 0 unspecified atom stereocenters. The maximum Gasteiger partial charge on any atom is 0.231 e. The van der Waals surface area contributed by atoms with Crippen LogP contribution in [0.25, 0.3) is 0 Å². The summed E-state index contributed by atoms with van der Waals surface area (Å²) in [5.74, 6) is 1.48. The molecule has 6 nitrogen and oxygen atoms in total. The van der Waals surface area contributed by atoms with Gasteiger partial charge in [0.15, 0.2) is 5.82 Å². The summed E-state index contributed by atoms with van der Waals surface area (Å²) < 4.78 is 7.06. The Morgan fingerprint density at radius 2 is 2.42 bits per heavy atom. The molecule has 0 aromatic carbocycles. The Kier molecular flexibility index (Phi) is 3.37. The summed E-state index contributed by atoms with van der Waals surface area (Å²) >= 11 is 1.67. The van der Waals surface area contributed by atoms with E-state index in [4.69, 9.17) is 4.52 Å². The number of nitrogens with zero attached hydrogens (tertiary/aromatic N) is 5. The van der Waals surface area contributed by atoms with E-state index in [9.17, 15) is 0 Å². The molecule has 98 valence electrons. The van der Waals surface area contributed by atoms with Gasteiger partial charge in [-0.25, -0.2) is 4.98 Å². The van der Waals surface area contributed by atoms with Crippen molar-refractivity contribution in [2.24, 2.45) is 0 Å². The molecular weight excluding hydrogens is 262 g/mol. The second kappa shape index (κ2) is 5.31. The number of hydrogen-bond donors (Lipinski definition) is 0. The first-order valence-electron chi connectivity index (χ1n) is 5.97. The first-order chi connectivity index (χ1) is 9.31. The molecule has 0 saturated heterocycles. The molecule has 3 rings (SSSR count). The summed E-state index contributed by atoms with van der Waals surface area (Å²) in [6, 6.07) is 2.07. The van der Waals surface area contributed by atoms with Crippen LogP contribution in [0.15, 0.2) is 34.0 Å². The lowest BCUT2D eigenvalue weighted by molar-refractivity contribution is 0.339. The Balaban J connectivity index is 1.67. The van der Waals surface area contributed by atoms with Gasteiger partial charge in [0.2, 0.25) is 5.89 Å². The van der Waals surface area contributed by atoms with Gasteiger partial charge in [0, 0.05) is 6.42 Å². The van der Waals surface area contributed by atoms with Crippen LogP contribution in [0.4, 0.5) is 0 Å². The molecule has 0 aliphatic rings. The van der Waals surface area contributed by atoms with E-state index in [1.807, 2.05) is 12.3 Å². The van der Waals surface area contributed by atoms with E-state index in [1.54, 1.807) is 22.3 Å². The molecular formula is C12H13N5OS. The molecule has 19 heavy (non-hydrogen) atoms. The van der Waals surface area contributed by atoms with Crippen molar-refractivity contribution < 1.29 is 4.52 Å². The lowest BCUT2D eigenvalue weighted by atomic mass is 10.2. The van der Waals surface area contributed by atoms with Crippen molar-refractivity contribution >= 4 is 11.3 Å². The van der Waals surface area contributed by atoms with Gasteiger partial charge < -0.3 is 4.52 Å². The largest absolute Gasteiger partial charge is 0.339 e. The average Bonchev–Trinajstić information content (AvgIpc) is 3.10. The van der Waals surface area contributed by atoms with Crippen molar-refractivity contribution in [2.75, 3.05) is 0 Å². The second-order valence-corrected chi connectivity index (χ2v) is 5.16. The van der Waals surface area contributed by atoms with Crippen LogP contribution in [-0.4, -0.2) is 24.9 Å². The zero-order chi connectivity index (χ0) is 13.1. The van der Waals surface area contributed by atoms with E-state index in [0.717, 1.165) is 5.82 Å². The fraction of sp³-hybridized carbons (Fsp3) is 0.333. The van der Waals surface area contributed by atoms with E-state index in [1.165, 1.54) is 11.9 Å². The number of rotatable bonds is 5. The quantitative estimate of drug-likeness (QED) is 0.713. The molecule has 3 aromatic rings. The van der Waals surface area contributed by atoms with E-state index >= 15 is 0 Å². The molecule has 0 saturated carbocycles. The zero-order valence-electron chi connectivity index (χ0n) is 10.4. The third-order valence-electron chi connectivity index (χ3n) is 2.78. The smallest absolute Gasteiger partial charge is 0.231 e.